The molecule has 1 aromatic carbocycles. The molecule has 2 amide bonds. The molecule has 1 aromatic heterocycles. The zero-order valence-corrected chi connectivity index (χ0v) is 21.1. The molecule has 3 aliphatic heterocycles. The van der Waals surface area contributed by atoms with Crippen molar-refractivity contribution in [2.75, 3.05) is 11.4 Å². The van der Waals surface area contributed by atoms with Crippen LogP contribution in [0.4, 0.5) is 5.69 Å². The molecule has 8 nitrogen and oxygen atoms in total. The van der Waals surface area contributed by atoms with Crippen LogP contribution in [0, 0.1) is 25.7 Å². The second-order valence-electron chi connectivity index (χ2n) is 10.9. The van der Waals surface area contributed by atoms with Gasteiger partial charge in [-0.15, -0.1) is 0 Å². The number of rotatable bonds is 5. The number of amides is 2. The molecule has 5 rings (SSSR count). The molecule has 0 radical (unpaired) electrons. The Morgan fingerprint density at radius 1 is 1.22 bits per heavy atom. The summed E-state index contributed by atoms with van der Waals surface area (Å²) in [5, 5.41) is 2.86. The maximum Gasteiger partial charge on any atom is 0.314 e. The minimum absolute atomic E-state index is 0.177. The van der Waals surface area contributed by atoms with E-state index in [-0.39, 0.29) is 5.91 Å². The van der Waals surface area contributed by atoms with Gasteiger partial charge in [0.25, 0.3) is 5.91 Å². The molecule has 2 aromatic rings. The fourth-order valence-electron chi connectivity index (χ4n) is 5.49. The van der Waals surface area contributed by atoms with Gasteiger partial charge < -0.3 is 19.7 Å². The van der Waals surface area contributed by atoms with Crippen molar-refractivity contribution in [3.63, 3.8) is 0 Å². The van der Waals surface area contributed by atoms with Crippen molar-refractivity contribution in [3.05, 3.63) is 71.6 Å². The van der Waals surface area contributed by atoms with Crippen molar-refractivity contribution in [3.8, 4) is 0 Å². The number of esters is 1. The van der Waals surface area contributed by atoms with Crippen LogP contribution >= 0.6 is 0 Å². The number of aryl methyl sites for hydroxylation is 2. The molecule has 3 aliphatic rings. The number of nitrogens with one attached hydrogen (secondary N) is 1. The van der Waals surface area contributed by atoms with Gasteiger partial charge in [0.05, 0.1) is 24.3 Å². The van der Waals surface area contributed by atoms with Gasteiger partial charge in [-0.2, -0.15) is 0 Å². The lowest BCUT2D eigenvalue weighted by Crippen LogP contribution is -2.46. The average molecular weight is 490 g/mol. The van der Waals surface area contributed by atoms with Gasteiger partial charge >= 0.3 is 5.97 Å². The highest BCUT2D eigenvalue weighted by Gasteiger charge is 2.67. The molecule has 8 heteroatoms. The first-order chi connectivity index (χ1) is 17.0. The van der Waals surface area contributed by atoms with Gasteiger partial charge in [0.15, 0.2) is 0 Å². The summed E-state index contributed by atoms with van der Waals surface area (Å²) < 4.78 is 12.1. The maximum atomic E-state index is 13.7. The van der Waals surface area contributed by atoms with E-state index in [4.69, 9.17) is 9.47 Å². The SMILES string of the molecule is Cc1ccc(N2C[C@@]34C=C[C@@H](O3)[C@H](C(=O)O[C@H](C(=O)NC(C)(C)C)c3ccccn3)[C@@H]4C2=O)c(C)c1. The summed E-state index contributed by atoms with van der Waals surface area (Å²) in [5.41, 5.74) is 1.78. The normalized spacial score (nSPS) is 27.2. The number of anilines is 1. The fourth-order valence-corrected chi connectivity index (χ4v) is 5.49. The summed E-state index contributed by atoms with van der Waals surface area (Å²) in [4.78, 5) is 46.4. The molecule has 5 atom stereocenters. The van der Waals surface area contributed by atoms with Gasteiger partial charge in [0, 0.05) is 17.4 Å². The molecular weight excluding hydrogens is 458 g/mol. The Balaban J connectivity index is 1.43. The van der Waals surface area contributed by atoms with Crippen molar-refractivity contribution in [2.24, 2.45) is 11.8 Å². The minimum Gasteiger partial charge on any atom is -0.445 e. The van der Waals surface area contributed by atoms with Gasteiger partial charge in [-0.25, -0.2) is 0 Å². The van der Waals surface area contributed by atoms with E-state index in [2.05, 4.69) is 10.3 Å². The Morgan fingerprint density at radius 2 is 2.00 bits per heavy atom. The third-order valence-electron chi connectivity index (χ3n) is 6.94. The van der Waals surface area contributed by atoms with Crippen LogP contribution in [0.2, 0.25) is 0 Å². The van der Waals surface area contributed by atoms with Crippen LogP contribution in [-0.2, 0) is 23.9 Å². The Morgan fingerprint density at radius 3 is 2.67 bits per heavy atom. The molecule has 0 aliphatic carbocycles. The van der Waals surface area contributed by atoms with Crippen LogP contribution < -0.4 is 10.2 Å². The Labute approximate surface area is 210 Å². The third kappa shape index (κ3) is 4.09. The van der Waals surface area contributed by atoms with Gasteiger partial charge in [-0.3, -0.25) is 19.4 Å². The molecule has 2 saturated heterocycles. The minimum atomic E-state index is -1.25. The van der Waals surface area contributed by atoms with Crippen LogP contribution in [0.15, 0.2) is 54.7 Å². The predicted octanol–water partition coefficient (Wildman–Crippen LogP) is 3.18. The first kappa shape index (κ1) is 24.2. The van der Waals surface area contributed by atoms with Crippen molar-refractivity contribution in [1.82, 2.24) is 10.3 Å². The molecule has 4 heterocycles. The number of nitrogens with zero attached hydrogens (tertiary/aromatic N) is 2. The van der Waals surface area contributed by atoms with E-state index in [1.54, 1.807) is 29.3 Å². The van der Waals surface area contributed by atoms with Crippen molar-refractivity contribution in [1.29, 1.82) is 0 Å². The Bertz CT molecular complexity index is 1250. The third-order valence-corrected chi connectivity index (χ3v) is 6.94. The molecule has 1 N–H and O–H groups in total. The van der Waals surface area contributed by atoms with E-state index in [1.165, 1.54) is 0 Å². The van der Waals surface area contributed by atoms with Crippen LogP contribution in [0.3, 0.4) is 0 Å². The second-order valence-corrected chi connectivity index (χ2v) is 10.9. The fraction of sp³-hybridized carbons (Fsp3) is 0.429. The average Bonchev–Trinajstić information content (AvgIpc) is 3.45. The topological polar surface area (TPSA) is 97.8 Å². The molecular formula is C28H31N3O5. The van der Waals surface area contributed by atoms with Crippen LogP contribution in [0.25, 0.3) is 0 Å². The highest BCUT2D eigenvalue weighted by Crippen LogP contribution is 2.53. The maximum absolute atomic E-state index is 13.7. The van der Waals surface area contributed by atoms with E-state index in [1.807, 2.05) is 65.0 Å². The van der Waals surface area contributed by atoms with Crippen LogP contribution in [-0.4, -0.2) is 46.6 Å². The molecule has 0 saturated carbocycles. The molecule has 188 valence electrons. The summed E-state index contributed by atoms with van der Waals surface area (Å²) in [5.74, 6) is -2.88. The number of benzene rings is 1. The summed E-state index contributed by atoms with van der Waals surface area (Å²) in [6.45, 7) is 9.83. The molecule has 1 spiro atoms. The lowest BCUT2D eigenvalue weighted by Gasteiger charge is -2.27. The van der Waals surface area contributed by atoms with Gasteiger partial charge in [-0.05, 0) is 58.4 Å². The first-order valence-electron chi connectivity index (χ1n) is 12.2. The number of fused-ring (bicyclic) bond motifs is 1. The molecule has 2 bridgehead atoms. The Hall–Kier alpha value is -3.52. The van der Waals surface area contributed by atoms with Crippen molar-refractivity contribution >= 4 is 23.5 Å². The zero-order valence-electron chi connectivity index (χ0n) is 21.1. The molecule has 36 heavy (non-hydrogen) atoms. The molecule has 2 fully saturated rings. The van der Waals surface area contributed by atoms with Crippen LogP contribution in [0.1, 0.15) is 43.7 Å². The highest BCUT2D eigenvalue weighted by molar-refractivity contribution is 6.03. The number of hydrogen-bond donors (Lipinski definition) is 1. The van der Waals surface area contributed by atoms with E-state index < -0.39 is 47.1 Å². The van der Waals surface area contributed by atoms with E-state index >= 15 is 0 Å². The van der Waals surface area contributed by atoms with Gasteiger partial charge in [0.2, 0.25) is 12.0 Å². The van der Waals surface area contributed by atoms with Gasteiger partial charge in [0.1, 0.15) is 11.5 Å². The Kier molecular flexibility index (Phi) is 5.75. The first-order valence-corrected chi connectivity index (χ1v) is 12.2. The van der Waals surface area contributed by atoms with Crippen molar-refractivity contribution in [2.45, 2.75) is 58.0 Å². The number of carbonyl (C=O) groups excluding carboxylic acids is 3. The quantitative estimate of drug-likeness (QED) is 0.512. The number of hydrogen-bond acceptors (Lipinski definition) is 6. The van der Waals surface area contributed by atoms with Crippen molar-refractivity contribution < 1.29 is 23.9 Å². The standard InChI is InChI=1S/C28H31N3O5/c1-16-9-10-19(17(2)14-16)31-15-28-12-11-20(36-28)21(22(28)25(31)33)26(34)35-23(18-8-6-7-13-29-18)24(32)30-27(3,4)5/h6-14,20-23H,15H2,1-5H3,(H,30,32)/t20-,21+,22-,23+,28-/m1/s1. The smallest absolute Gasteiger partial charge is 0.314 e. The molecule has 0 unspecified atom stereocenters. The van der Waals surface area contributed by atoms with E-state index in [0.29, 0.717) is 12.2 Å². The number of ether oxygens (including phenoxy) is 2. The van der Waals surface area contributed by atoms with E-state index in [9.17, 15) is 14.4 Å². The summed E-state index contributed by atoms with van der Waals surface area (Å²) >= 11 is 0. The number of aromatic nitrogens is 1. The monoisotopic (exact) mass is 489 g/mol. The van der Waals surface area contributed by atoms with Crippen LogP contribution in [0.5, 0.6) is 0 Å². The predicted molar refractivity (Wildman–Crippen MR) is 133 cm³/mol. The summed E-state index contributed by atoms with van der Waals surface area (Å²) in [6.07, 6.45) is 3.44. The lowest BCUT2D eigenvalue weighted by molar-refractivity contribution is -0.163. The number of pyridine rings is 1. The number of carbonyl (C=O) groups is 3. The highest BCUT2D eigenvalue weighted by atomic mass is 16.6. The zero-order chi connectivity index (χ0) is 25.8. The van der Waals surface area contributed by atoms with Gasteiger partial charge in [-0.1, -0.05) is 35.9 Å². The summed E-state index contributed by atoms with van der Waals surface area (Å²) in [7, 11) is 0. The van der Waals surface area contributed by atoms with E-state index in [0.717, 1.165) is 16.8 Å². The second kappa shape index (κ2) is 8.55. The lowest BCUT2D eigenvalue weighted by atomic mass is 9.77. The largest absolute Gasteiger partial charge is 0.445 e. The summed E-state index contributed by atoms with van der Waals surface area (Å²) in [6, 6.07) is 11.0.